The van der Waals surface area contributed by atoms with E-state index in [9.17, 15) is 44.2 Å². The van der Waals surface area contributed by atoms with Crippen molar-refractivity contribution < 1.29 is 48.0 Å². The van der Waals surface area contributed by atoms with Crippen LogP contribution in [0.25, 0.3) is 22.3 Å². The highest BCUT2D eigenvalue weighted by atomic mass is 16.6. The van der Waals surface area contributed by atoms with Gasteiger partial charge in [0.1, 0.15) is 54.6 Å². The van der Waals surface area contributed by atoms with Gasteiger partial charge in [0, 0.05) is 116 Å². The number of piperidine rings is 5. The Morgan fingerprint density at radius 3 is 1.12 bits per heavy atom. The molecular weight excluding hydrogens is 1530 g/mol. The predicted octanol–water partition coefficient (Wildman–Crippen LogP) is 18.3. The third-order valence-corrected chi connectivity index (χ3v) is 30.9. The molecule has 23 rings (SSSR count). The Labute approximate surface area is 706 Å². The number of nitrogens with two attached hydrogens (primary N) is 1. The smallest absolute Gasteiger partial charge is 0.410 e. The molecule has 14 fully saturated rings. The average Bonchev–Trinajstić information content (AvgIpc) is 1.70. The Morgan fingerprint density at radius 1 is 0.455 bits per heavy atom. The number of fused-ring (bicyclic) bond motifs is 16. The van der Waals surface area contributed by atoms with E-state index in [4.69, 9.17) is 25.2 Å². The summed E-state index contributed by atoms with van der Waals surface area (Å²) in [6, 6.07) is 50.8. The summed E-state index contributed by atoms with van der Waals surface area (Å²) in [5, 5.41) is 30.5. The number of anilines is 4. The maximum absolute atomic E-state index is 13.1. The van der Waals surface area contributed by atoms with Gasteiger partial charge in [-0.1, -0.05) is 109 Å². The number of pyridine rings is 3. The second kappa shape index (κ2) is 32.1. The molecule has 10 unspecified atom stereocenters. The lowest BCUT2D eigenvalue weighted by Crippen LogP contribution is -2.54. The van der Waals surface area contributed by atoms with E-state index in [1.54, 1.807) is 24.4 Å². The number of esters is 1. The number of nitro groups is 2. The number of carbonyl (C=O) groups is 5. The van der Waals surface area contributed by atoms with E-state index in [-0.39, 0.29) is 88.2 Å². The van der Waals surface area contributed by atoms with E-state index in [1.165, 1.54) is 107 Å². The molecule has 121 heavy (non-hydrogen) atoms. The van der Waals surface area contributed by atoms with Gasteiger partial charge in [-0.2, -0.15) is 5.26 Å². The molecule has 10 saturated heterocycles. The van der Waals surface area contributed by atoms with Gasteiger partial charge in [0.25, 0.3) is 11.4 Å². The van der Waals surface area contributed by atoms with E-state index < -0.39 is 9.85 Å². The molecule has 0 radical (unpaired) electrons. The number of nitriles is 1. The van der Waals surface area contributed by atoms with Crippen LogP contribution in [0, 0.1) is 65.1 Å². The molecule has 10 aliphatic heterocycles. The molecular formula is C97H108N12O12. The molecule has 7 aromatic rings. The number of ketones is 2. The zero-order valence-corrected chi connectivity index (χ0v) is 69.0. The van der Waals surface area contributed by atoms with Gasteiger partial charge in [0.2, 0.25) is 0 Å². The second-order valence-electron chi connectivity index (χ2n) is 38.4. The molecule has 13 heterocycles. The fourth-order valence-electron chi connectivity index (χ4n) is 26.1. The van der Waals surface area contributed by atoms with Crippen molar-refractivity contribution in [1.82, 2.24) is 24.8 Å². The highest BCUT2D eigenvalue weighted by Crippen LogP contribution is 2.62. The van der Waals surface area contributed by atoms with Crippen molar-refractivity contribution in [2.24, 2.45) is 33.5 Å². The molecule has 10 bridgehead atoms. The molecule has 3 aromatic heterocycles. The largest absolute Gasteiger partial charge is 0.466 e. The topological polar surface area (TPSA) is 304 Å². The van der Waals surface area contributed by atoms with Gasteiger partial charge < -0.3 is 44.4 Å². The van der Waals surface area contributed by atoms with Gasteiger partial charge in [0.15, 0.2) is 0 Å². The first kappa shape index (κ1) is 79.7. The highest BCUT2D eigenvalue weighted by Gasteiger charge is 2.60. The Kier molecular flexibility index (Phi) is 21.1. The van der Waals surface area contributed by atoms with Crippen LogP contribution in [0.4, 0.5) is 44.1 Å². The number of nitrogen functional groups attached to an aromatic ring is 1. The molecule has 2 amide bonds. The maximum atomic E-state index is 13.1. The number of hydrogen-bond acceptors (Lipinski definition) is 20. The number of benzene rings is 4. The van der Waals surface area contributed by atoms with Gasteiger partial charge in [-0.25, -0.2) is 24.5 Å². The van der Waals surface area contributed by atoms with Crippen LogP contribution in [0.5, 0.6) is 0 Å². The Balaban J connectivity index is 0.000000100. The number of hydrogen-bond donors (Lipinski definition) is 1. The molecule has 10 atom stereocenters. The van der Waals surface area contributed by atoms with Crippen LogP contribution in [-0.4, -0.2) is 145 Å². The number of nitrogens with zero attached hydrogens (tertiary/aromatic N) is 11. The Bertz CT molecular complexity index is 5050. The van der Waals surface area contributed by atoms with Crippen molar-refractivity contribution in [3.05, 3.63) is 207 Å². The fourth-order valence-corrected chi connectivity index (χ4v) is 26.1. The quantitative estimate of drug-likeness (QED) is 0.0413. The van der Waals surface area contributed by atoms with Crippen molar-refractivity contribution in [3.63, 3.8) is 0 Å². The summed E-state index contributed by atoms with van der Waals surface area (Å²) in [4.78, 5) is 106. The van der Waals surface area contributed by atoms with Crippen LogP contribution >= 0.6 is 0 Å². The number of Topliss-reactive ketones (excluding diaryl/α,β-unsaturated/α-hetero) is 2. The number of carbonyl (C=O) groups excluding carboxylic acids is 5. The minimum atomic E-state index is -0.420. The number of rotatable bonds is 11. The summed E-state index contributed by atoms with van der Waals surface area (Å²) in [7, 11) is 0. The average molecular weight is 1630 g/mol. The molecule has 24 heteroatoms. The monoisotopic (exact) mass is 1630 g/mol. The minimum absolute atomic E-state index is 0.00750. The van der Waals surface area contributed by atoms with Gasteiger partial charge in [-0.05, 0) is 251 Å². The number of amides is 2. The van der Waals surface area contributed by atoms with E-state index in [2.05, 4.69) is 139 Å². The predicted molar refractivity (Wildman–Crippen MR) is 457 cm³/mol. The van der Waals surface area contributed by atoms with Gasteiger partial charge in [-0.3, -0.25) is 34.6 Å². The summed E-state index contributed by atoms with van der Waals surface area (Å²) in [6.07, 6.45) is 33.1. The second-order valence-corrected chi connectivity index (χ2v) is 38.4. The van der Waals surface area contributed by atoms with E-state index >= 15 is 0 Å². The fraction of sp³-hybridized carbons (Fsp3) is 0.515. The zero-order chi connectivity index (χ0) is 83.2. The molecule has 24 nitrogen and oxygen atoms in total. The molecule has 4 saturated carbocycles. The zero-order valence-electron chi connectivity index (χ0n) is 69.0. The van der Waals surface area contributed by atoms with E-state index in [0.717, 1.165) is 159 Å². The van der Waals surface area contributed by atoms with E-state index in [1.807, 2.05) is 28.9 Å². The van der Waals surface area contributed by atoms with Crippen molar-refractivity contribution in [2.45, 2.75) is 259 Å². The van der Waals surface area contributed by atoms with Crippen molar-refractivity contribution in [3.8, 4) is 28.3 Å². The first-order valence-electron chi connectivity index (χ1n) is 44.4. The molecule has 628 valence electrons. The lowest BCUT2D eigenvalue weighted by molar-refractivity contribution is -0.385. The van der Waals surface area contributed by atoms with Crippen LogP contribution in [0.3, 0.4) is 0 Å². The van der Waals surface area contributed by atoms with Crippen LogP contribution in [-0.2, 0) is 28.6 Å². The summed E-state index contributed by atoms with van der Waals surface area (Å²) < 4.78 is 17.0. The van der Waals surface area contributed by atoms with Crippen LogP contribution in [0.1, 0.15) is 221 Å². The molecule has 4 aromatic carbocycles. The number of aromatic nitrogens is 3. The van der Waals surface area contributed by atoms with Crippen LogP contribution in [0.15, 0.2) is 164 Å². The lowest BCUT2D eigenvalue weighted by Gasteiger charge is -2.54. The van der Waals surface area contributed by atoms with Gasteiger partial charge >= 0.3 is 18.2 Å². The van der Waals surface area contributed by atoms with Crippen LogP contribution < -0.4 is 20.4 Å². The van der Waals surface area contributed by atoms with E-state index in [0.29, 0.717) is 84.2 Å². The number of ether oxygens (including phenoxy) is 3. The Morgan fingerprint density at radius 2 is 0.785 bits per heavy atom. The summed E-state index contributed by atoms with van der Waals surface area (Å²) in [5.74, 6) is 4.18. The Hall–Kier alpha value is -11.1. The van der Waals surface area contributed by atoms with Gasteiger partial charge in [-0.15, -0.1) is 0 Å². The molecule has 2 N–H and O–H groups in total. The maximum Gasteiger partial charge on any atom is 0.410 e. The molecule has 6 aliphatic carbocycles. The van der Waals surface area contributed by atoms with Crippen LogP contribution in [0.2, 0.25) is 0 Å². The first-order valence-corrected chi connectivity index (χ1v) is 44.4. The third-order valence-electron chi connectivity index (χ3n) is 30.9. The SMILES string of the molecule is C=C1CC2CCC(C1)N2C(=O)OCC1c2ccccc2-c2ccccc21.CCOC(=O)C1CC2(C1)CC1CCC(C2)N1c1ccc(N)cn1.N#CC1CC2(C1)CC1CCC(C2)N1c1ccc([N+](=O)[O-])cn1.O=C1CC2(C1)CC1CCC(C2)N1C(=O)OCC1c2ccccc2-c2ccccc21.O=C1CC2(C1)CC1CCC(C2)N1c1ccc([N+](=O)[O-])cn1. The molecule has 16 aliphatic rings. The molecule has 4 spiro atoms. The summed E-state index contributed by atoms with van der Waals surface area (Å²) in [6.45, 7) is 7.29. The third kappa shape index (κ3) is 15.1. The standard InChI is InChI=1S/C25H25NO3.C23H23NO2.C18H25N3O2.C16H18N4O2.C15H17N3O3/c27-18-13-25(14-18)11-16-9-10-17(12-25)26(16)24(28)29-15-23-21-7-3-1-5-19(21)20-6-2-4-8-22(20)23;1-15-12-16-10-11-17(13-15)24(16)23(25)26-14-22-20-8-4-2-6-18(20)19-7-3-5-9-21(19)22;1-2-23-17(22)12-7-18(8-12)9-14-4-5-15(10-18)21(14)16-6-3-13(19)11-20-16;17-9-11-5-16(6-11)7-12-1-2-13(8-16)19(12)15-4-3-14(10-18-15)20(21)22;19-13-7-15(8-13)5-10-1-2-11(6-15)17(10)14-4-3-12(9-16-14)18(20)21/h1-8,16-17,23H,9-15H2;2-9,16-17,22H,1,10-14H2;3,6,11-12,14-15H,2,4-5,7-10,19H2,1H3;3-4,10-13H,1-2,5-8H2;3-4,9-11H,1-2,5-8H2. The van der Waals surface area contributed by atoms with Crippen molar-refractivity contribution in [1.29, 1.82) is 5.26 Å². The normalized spacial score (nSPS) is 29.7. The summed E-state index contributed by atoms with van der Waals surface area (Å²) in [5.41, 5.74) is 19.0. The summed E-state index contributed by atoms with van der Waals surface area (Å²) >= 11 is 0. The first-order chi connectivity index (χ1) is 58.6. The minimum Gasteiger partial charge on any atom is -0.466 e. The van der Waals surface area contributed by atoms with Crippen molar-refractivity contribution >= 4 is 64.2 Å². The highest BCUT2D eigenvalue weighted by molar-refractivity contribution is 5.87. The lowest BCUT2D eigenvalue weighted by atomic mass is 9.56. The van der Waals surface area contributed by atoms with Gasteiger partial charge in [0.05, 0.1) is 40.3 Å². The van der Waals surface area contributed by atoms with Crippen molar-refractivity contribution in [2.75, 3.05) is 40.3 Å².